The van der Waals surface area contributed by atoms with Gasteiger partial charge in [-0.25, -0.2) is 0 Å². The van der Waals surface area contributed by atoms with Gasteiger partial charge in [-0.05, 0) is 37.9 Å². The molecule has 1 fully saturated rings. The Morgan fingerprint density at radius 2 is 2.06 bits per heavy atom. The van der Waals surface area contributed by atoms with Crippen LogP contribution >= 0.6 is 0 Å². The summed E-state index contributed by atoms with van der Waals surface area (Å²) in [5, 5.41) is 6.16. The van der Waals surface area contributed by atoms with Crippen LogP contribution in [0, 0.1) is 5.92 Å². The predicted molar refractivity (Wildman–Crippen MR) is 69.9 cm³/mol. The second kappa shape index (κ2) is 5.82. The molecule has 0 bridgehead atoms. The molecule has 1 aromatic carbocycles. The van der Waals surface area contributed by atoms with Crippen molar-refractivity contribution in [3.63, 3.8) is 0 Å². The Balaban J connectivity index is 1.70. The van der Waals surface area contributed by atoms with E-state index in [-0.39, 0.29) is 11.9 Å². The second-order valence-electron chi connectivity index (χ2n) is 4.76. The largest absolute Gasteiger partial charge is 0.325 e. The number of amides is 1. The van der Waals surface area contributed by atoms with Crippen LogP contribution in [0.25, 0.3) is 0 Å². The maximum absolute atomic E-state index is 11.8. The Morgan fingerprint density at radius 1 is 1.35 bits per heavy atom. The van der Waals surface area contributed by atoms with Gasteiger partial charge in [0.2, 0.25) is 5.91 Å². The molecule has 2 N–H and O–H groups in total. The Bertz CT molecular complexity index is 360. The van der Waals surface area contributed by atoms with E-state index in [1.807, 2.05) is 37.3 Å². The van der Waals surface area contributed by atoms with E-state index in [9.17, 15) is 4.79 Å². The molecule has 1 unspecified atom stereocenters. The van der Waals surface area contributed by atoms with Gasteiger partial charge in [-0.2, -0.15) is 0 Å². The number of hydrogen-bond acceptors (Lipinski definition) is 2. The van der Waals surface area contributed by atoms with Gasteiger partial charge >= 0.3 is 0 Å². The van der Waals surface area contributed by atoms with Crippen LogP contribution in [-0.4, -0.2) is 18.5 Å². The summed E-state index contributed by atoms with van der Waals surface area (Å²) < 4.78 is 0. The molecule has 1 atom stereocenters. The van der Waals surface area contributed by atoms with Crippen molar-refractivity contribution in [2.45, 2.75) is 32.2 Å². The first-order valence-electron chi connectivity index (χ1n) is 6.35. The lowest BCUT2D eigenvalue weighted by Crippen LogP contribution is -2.38. The molecular weight excluding hydrogens is 212 g/mol. The summed E-state index contributed by atoms with van der Waals surface area (Å²) in [4.78, 5) is 11.8. The van der Waals surface area contributed by atoms with Crippen molar-refractivity contribution in [1.82, 2.24) is 5.32 Å². The number of nitrogens with one attached hydrogen (secondary N) is 2. The van der Waals surface area contributed by atoms with Crippen LogP contribution in [0.15, 0.2) is 30.3 Å². The van der Waals surface area contributed by atoms with E-state index in [0.717, 1.165) is 18.2 Å². The number of rotatable bonds is 6. The Hall–Kier alpha value is -1.35. The molecule has 0 aromatic heterocycles. The van der Waals surface area contributed by atoms with Crippen molar-refractivity contribution in [2.24, 2.45) is 5.92 Å². The van der Waals surface area contributed by atoms with E-state index in [1.54, 1.807) is 0 Å². The van der Waals surface area contributed by atoms with Crippen molar-refractivity contribution >= 4 is 11.6 Å². The van der Waals surface area contributed by atoms with Gasteiger partial charge in [0.25, 0.3) is 0 Å². The van der Waals surface area contributed by atoms with Crippen LogP contribution in [0.2, 0.25) is 0 Å². The lowest BCUT2D eigenvalue weighted by atomic mass is 10.2. The lowest BCUT2D eigenvalue weighted by Gasteiger charge is -2.13. The van der Waals surface area contributed by atoms with Crippen molar-refractivity contribution in [3.8, 4) is 0 Å². The zero-order valence-corrected chi connectivity index (χ0v) is 10.3. The third kappa shape index (κ3) is 4.19. The third-order valence-corrected chi connectivity index (χ3v) is 3.13. The first-order valence-corrected chi connectivity index (χ1v) is 6.35. The number of anilines is 1. The molecule has 0 radical (unpaired) electrons. The molecule has 1 aliphatic rings. The smallest absolute Gasteiger partial charge is 0.241 e. The van der Waals surface area contributed by atoms with Gasteiger partial charge in [0, 0.05) is 5.69 Å². The highest BCUT2D eigenvalue weighted by Gasteiger charge is 2.21. The van der Waals surface area contributed by atoms with Crippen molar-refractivity contribution < 1.29 is 4.79 Å². The molecule has 1 amide bonds. The van der Waals surface area contributed by atoms with Crippen LogP contribution in [0.4, 0.5) is 5.69 Å². The van der Waals surface area contributed by atoms with Gasteiger partial charge in [0.1, 0.15) is 0 Å². The number of benzene rings is 1. The van der Waals surface area contributed by atoms with E-state index < -0.39 is 0 Å². The van der Waals surface area contributed by atoms with Gasteiger partial charge < -0.3 is 10.6 Å². The highest BCUT2D eigenvalue weighted by atomic mass is 16.2. The molecule has 3 heteroatoms. The van der Waals surface area contributed by atoms with Crippen molar-refractivity contribution in [3.05, 3.63) is 30.3 Å². The monoisotopic (exact) mass is 232 g/mol. The molecule has 1 aromatic rings. The van der Waals surface area contributed by atoms with E-state index in [0.29, 0.717) is 0 Å². The normalized spacial score (nSPS) is 16.5. The SMILES string of the molecule is CC(NCCC1CC1)C(=O)Nc1ccccc1. The van der Waals surface area contributed by atoms with Crippen LogP contribution in [0.5, 0.6) is 0 Å². The first kappa shape index (κ1) is 12.1. The molecule has 0 heterocycles. The fraction of sp³-hybridized carbons (Fsp3) is 0.500. The zero-order chi connectivity index (χ0) is 12.1. The van der Waals surface area contributed by atoms with Crippen LogP contribution in [-0.2, 0) is 4.79 Å². The van der Waals surface area contributed by atoms with Crippen LogP contribution in [0.3, 0.4) is 0 Å². The van der Waals surface area contributed by atoms with Gasteiger partial charge in [0.05, 0.1) is 6.04 Å². The summed E-state index contributed by atoms with van der Waals surface area (Å²) in [6, 6.07) is 9.44. The van der Waals surface area contributed by atoms with E-state index in [2.05, 4.69) is 10.6 Å². The summed E-state index contributed by atoms with van der Waals surface area (Å²) in [5.41, 5.74) is 0.855. The van der Waals surface area contributed by atoms with Gasteiger partial charge in [0.15, 0.2) is 0 Å². The quantitative estimate of drug-likeness (QED) is 0.790. The minimum absolute atomic E-state index is 0.0343. The van der Waals surface area contributed by atoms with E-state index in [4.69, 9.17) is 0 Å². The topological polar surface area (TPSA) is 41.1 Å². The second-order valence-corrected chi connectivity index (χ2v) is 4.76. The number of carbonyl (C=O) groups is 1. The number of para-hydroxylation sites is 1. The maximum Gasteiger partial charge on any atom is 0.241 e. The Morgan fingerprint density at radius 3 is 2.71 bits per heavy atom. The fourth-order valence-electron chi connectivity index (χ4n) is 1.78. The Labute approximate surface area is 103 Å². The zero-order valence-electron chi connectivity index (χ0n) is 10.3. The molecule has 1 saturated carbocycles. The van der Waals surface area contributed by atoms with Gasteiger partial charge in [-0.1, -0.05) is 31.0 Å². The summed E-state index contributed by atoms with van der Waals surface area (Å²) in [6.07, 6.45) is 3.93. The fourth-order valence-corrected chi connectivity index (χ4v) is 1.78. The van der Waals surface area contributed by atoms with Gasteiger partial charge in [-0.15, -0.1) is 0 Å². The average molecular weight is 232 g/mol. The predicted octanol–water partition coefficient (Wildman–Crippen LogP) is 2.40. The summed E-state index contributed by atoms with van der Waals surface area (Å²) >= 11 is 0. The third-order valence-electron chi connectivity index (χ3n) is 3.13. The molecule has 3 nitrogen and oxygen atoms in total. The van der Waals surface area contributed by atoms with Crippen molar-refractivity contribution in [1.29, 1.82) is 0 Å². The minimum Gasteiger partial charge on any atom is -0.325 e. The maximum atomic E-state index is 11.8. The molecule has 1 aliphatic carbocycles. The molecule has 17 heavy (non-hydrogen) atoms. The molecular formula is C14H20N2O. The highest BCUT2D eigenvalue weighted by molar-refractivity contribution is 5.94. The summed E-state index contributed by atoms with van der Waals surface area (Å²) in [7, 11) is 0. The standard InChI is InChI=1S/C14H20N2O/c1-11(15-10-9-12-7-8-12)14(17)16-13-5-3-2-4-6-13/h2-6,11-12,15H,7-10H2,1H3,(H,16,17). The highest BCUT2D eigenvalue weighted by Crippen LogP contribution is 2.31. The van der Waals surface area contributed by atoms with Crippen LogP contribution in [0.1, 0.15) is 26.2 Å². The molecule has 0 spiro atoms. The first-order chi connectivity index (χ1) is 8.25. The molecule has 0 aliphatic heterocycles. The summed E-state index contributed by atoms with van der Waals surface area (Å²) in [6.45, 7) is 2.85. The molecule has 0 saturated heterocycles. The Kier molecular flexibility index (Phi) is 4.15. The number of carbonyl (C=O) groups excluding carboxylic acids is 1. The van der Waals surface area contributed by atoms with E-state index in [1.165, 1.54) is 19.3 Å². The average Bonchev–Trinajstić information content (AvgIpc) is 3.14. The van der Waals surface area contributed by atoms with Gasteiger partial charge in [-0.3, -0.25) is 4.79 Å². The number of hydrogen-bond donors (Lipinski definition) is 2. The van der Waals surface area contributed by atoms with E-state index >= 15 is 0 Å². The molecule has 92 valence electrons. The van der Waals surface area contributed by atoms with Crippen LogP contribution < -0.4 is 10.6 Å². The lowest BCUT2D eigenvalue weighted by molar-refractivity contribution is -0.117. The summed E-state index contributed by atoms with van der Waals surface area (Å²) in [5.74, 6) is 0.943. The molecule has 2 rings (SSSR count). The van der Waals surface area contributed by atoms with Crippen molar-refractivity contribution in [2.75, 3.05) is 11.9 Å². The minimum atomic E-state index is -0.131.